The maximum Gasteiger partial charge on any atom is 0.254 e. The molecule has 1 aromatic heterocycles. The molecule has 1 saturated carbocycles. The Morgan fingerprint density at radius 2 is 2.00 bits per heavy atom. The molecule has 4 nitrogen and oxygen atoms in total. The van der Waals surface area contributed by atoms with E-state index in [1.807, 2.05) is 12.1 Å². The molecular formula is C17H26ClN3O. The van der Waals surface area contributed by atoms with E-state index in [9.17, 15) is 4.79 Å². The predicted octanol–water partition coefficient (Wildman–Crippen LogP) is 3.15. The third kappa shape index (κ3) is 3.61. The van der Waals surface area contributed by atoms with Crippen molar-refractivity contribution in [1.82, 2.24) is 9.88 Å². The van der Waals surface area contributed by atoms with Crippen LogP contribution in [-0.4, -0.2) is 28.4 Å². The Morgan fingerprint density at radius 3 is 2.73 bits per heavy atom. The average molecular weight is 324 g/mol. The first-order chi connectivity index (χ1) is 10.3. The van der Waals surface area contributed by atoms with Crippen LogP contribution >= 0.6 is 12.4 Å². The summed E-state index contributed by atoms with van der Waals surface area (Å²) in [7, 11) is 0. The standard InChI is InChI=1S/C17H25N3O.ClH/c18-12-15-11-14(8-9-19-15)17(21)20-10-4-7-16(20)13-5-2-1-3-6-13;/h8-9,11,13,16H,1-7,10,12,18H2;1H. The van der Waals surface area contributed by atoms with Gasteiger partial charge in [-0.15, -0.1) is 12.4 Å². The third-order valence-corrected chi connectivity index (χ3v) is 5.03. The van der Waals surface area contributed by atoms with Gasteiger partial charge in [0, 0.05) is 30.9 Å². The number of likely N-dealkylation sites (tertiary alicyclic amines) is 1. The molecule has 0 aromatic carbocycles. The first-order valence-electron chi connectivity index (χ1n) is 8.25. The fourth-order valence-corrected chi connectivity index (χ4v) is 3.94. The second kappa shape index (κ2) is 7.93. The van der Waals surface area contributed by atoms with Crippen LogP contribution in [0.5, 0.6) is 0 Å². The van der Waals surface area contributed by atoms with Gasteiger partial charge in [0.05, 0.1) is 5.69 Å². The summed E-state index contributed by atoms with van der Waals surface area (Å²) in [6, 6.07) is 4.11. The number of aromatic nitrogens is 1. The average Bonchev–Trinajstić information content (AvgIpc) is 3.04. The van der Waals surface area contributed by atoms with Gasteiger partial charge in [0.25, 0.3) is 5.91 Å². The van der Waals surface area contributed by atoms with Crippen LogP contribution < -0.4 is 5.73 Å². The molecule has 3 rings (SSSR count). The van der Waals surface area contributed by atoms with E-state index in [4.69, 9.17) is 5.73 Å². The van der Waals surface area contributed by atoms with E-state index in [0.29, 0.717) is 18.5 Å². The molecule has 2 aliphatic rings. The molecule has 22 heavy (non-hydrogen) atoms. The van der Waals surface area contributed by atoms with Gasteiger partial charge in [-0.1, -0.05) is 19.3 Å². The number of halogens is 1. The van der Waals surface area contributed by atoms with Gasteiger partial charge in [-0.25, -0.2) is 0 Å². The van der Waals surface area contributed by atoms with Crippen molar-refractivity contribution in [2.45, 2.75) is 57.5 Å². The molecule has 0 spiro atoms. The SMILES string of the molecule is Cl.NCc1cc(C(=O)N2CCCC2C2CCCCC2)ccn1. The predicted molar refractivity (Wildman–Crippen MR) is 90.0 cm³/mol. The van der Waals surface area contributed by atoms with E-state index < -0.39 is 0 Å². The highest BCUT2D eigenvalue weighted by molar-refractivity contribution is 5.94. The zero-order valence-corrected chi connectivity index (χ0v) is 13.9. The van der Waals surface area contributed by atoms with Crippen molar-refractivity contribution in [2.75, 3.05) is 6.54 Å². The first kappa shape index (κ1) is 17.2. The maximum atomic E-state index is 12.8. The smallest absolute Gasteiger partial charge is 0.254 e. The summed E-state index contributed by atoms with van der Waals surface area (Å²) >= 11 is 0. The van der Waals surface area contributed by atoms with Crippen molar-refractivity contribution in [3.63, 3.8) is 0 Å². The van der Waals surface area contributed by atoms with E-state index in [0.717, 1.165) is 24.2 Å². The minimum absolute atomic E-state index is 0. The lowest BCUT2D eigenvalue weighted by molar-refractivity contribution is 0.0661. The third-order valence-electron chi connectivity index (χ3n) is 5.03. The molecule has 122 valence electrons. The lowest BCUT2D eigenvalue weighted by Crippen LogP contribution is -2.40. The molecule has 1 aromatic rings. The Hall–Kier alpha value is -1.13. The molecule has 2 N–H and O–H groups in total. The Balaban J connectivity index is 0.00000176. The fourth-order valence-electron chi connectivity index (χ4n) is 3.94. The van der Waals surface area contributed by atoms with E-state index in [-0.39, 0.29) is 18.3 Å². The Kier molecular flexibility index (Phi) is 6.21. The molecule has 1 unspecified atom stereocenters. The van der Waals surface area contributed by atoms with Crippen molar-refractivity contribution >= 4 is 18.3 Å². The molecule has 2 fully saturated rings. The maximum absolute atomic E-state index is 12.8. The van der Waals surface area contributed by atoms with E-state index in [2.05, 4.69) is 9.88 Å². The summed E-state index contributed by atoms with van der Waals surface area (Å²) in [5, 5.41) is 0. The second-order valence-corrected chi connectivity index (χ2v) is 6.35. The summed E-state index contributed by atoms with van der Waals surface area (Å²) in [5.41, 5.74) is 7.16. The largest absolute Gasteiger partial charge is 0.335 e. The molecule has 0 radical (unpaired) electrons. The summed E-state index contributed by atoms with van der Waals surface area (Å²) < 4.78 is 0. The van der Waals surface area contributed by atoms with Crippen LogP contribution in [0.2, 0.25) is 0 Å². The number of rotatable bonds is 3. The highest BCUT2D eigenvalue weighted by Crippen LogP contribution is 2.34. The highest BCUT2D eigenvalue weighted by atomic mass is 35.5. The van der Waals surface area contributed by atoms with Gasteiger partial charge in [-0.05, 0) is 43.7 Å². The molecule has 1 aliphatic heterocycles. The number of nitrogens with two attached hydrogens (primary N) is 1. The van der Waals surface area contributed by atoms with E-state index in [1.165, 1.54) is 38.5 Å². The van der Waals surface area contributed by atoms with Crippen LogP contribution in [0.3, 0.4) is 0 Å². The monoisotopic (exact) mass is 323 g/mol. The number of carbonyl (C=O) groups is 1. The molecule has 5 heteroatoms. The molecule has 1 amide bonds. The van der Waals surface area contributed by atoms with E-state index >= 15 is 0 Å². The first-order valence-corrected chi connectivity index (χ1v) is 8.25. The molecular weight excluding hydrogens is 298 g/mol. The Morgan fingerprint density at radius 1 is 1.23 bits per heavy atom. The second-order valence-electron chi connectivity index (χ2n) is 6.35. The lowest BCUT2D eigenvalue weighted by Gasteiger charge is -2.34. The summed E-state index contributed by atoms with van der Waals surface area (Å²) in [5.74, 6) is 0.876. The molecule has 0 bridgehead atoms. The van der Waals surface area contributed by atoms with Crippen LogP contribution in [0.25, 0.3) is 0 Å². The number of hydrogen-bond acceptors (Lipinski definition) is 3. The fraction of sp³-hybridized carbons (Fsp3) is 0.647. The van der Waals surface area contributed by atoms with Gasteiger partial charge < -0.3 is 10.6 Å². The van der Waals surface area contributed by atoms with E-state index in [1.54, 1.807) is 6.20 Å². The molecule has 2 heterocycles. The van der Waals surface area contributed by atoms with Gasteiger partial charge >= 0.3 is 0 Å². The van der Waals surface area contributed by atoms with Crippen molar-refractivity contribution in [3.8, 4) is 0 Å². The van der Waals surface area contributed by atoms with Crippen LogP contribution in [0, 0.1) is 5.92 Å². The zero-order valence-electron chi connectivity index (χ0n) is 13.0. The quantitative estimate of drug-likeness (QED) is 0.929. The minimum atomic E-state index is 0. The Labute approximate surface area is 138 Å². The zero-order chi connectivity index (χ0) is 14.7. The normalized spacial score (nSPS) is 22.4. The summed E-state index contributed by atoms with van der Waals surface area (Å²) in [4.78, 5) is 19.1. The molecule has 1 saturated heterocycles. The van der Waals surface area contributed by atoms with Crippen LogP contribution in [0.15, 0.2) is 18.3 Å². The number of carbonyl (C=O) groups excluding carboxylic acids is 1. The molecule has 1 atom stereocenters. The van der Waals surface area contributed by atoms with Gasteiger partial charge in [0.2, 0.25) is 0 Å². The van der Waals surface area contributed by atoms with Gasteiger partial charge in [0.15, 0.2) is 0 Å². The van der Waals surface area contributed by atoms with Crippen molar-refractivity contribution in [1.29, 1.82) is 0 Å². The van der Waals surface area contributed by atoms with Crippen molar-refractivity contribution < 1.29 is 4.79 Å². The van der Waals surface area contributed by atoms with Gasteiger partial charge in [0.1, 0.15) is 0 Å². The van der Waals surface area contributed by atoms with Crippen LogP contribution in [0.1, 0.15) is 61.0 Å². The van der Waals surface area contributed by atoms with Crippen molar-refractivity contribution in [3.05, 3.63) is 29.6 Å². The van der Waals surface area contributed by atoms with Crippen molar-refractivity contribution in [2.24, 2.45) is 11.7 Å². The topological polar surface area (TPSA) is 59.2 Å². The number of nitrogens with zero attached hydrogens (tertiary/aromatic N) is 2. The van der Waals surface area contributed by atoms with Gasteiger partial charge in [-0.2, -0.15) is 0 Å². The lowest BCUT2D eigenvalue weighted by atomic mass is 9.83. The summed E-state index contributed by atoms with van der Waals surface area (Å²) in [6.45, 7) is 1.29. The van der Waals surface area contributed by atoms with Crippen LogP contribution in [-0.2, 0) is 6.54 Å². The summed E-state index contributed by atoms with van der Waals surface area (Å²) in [6.07, 6.45) is 10.6. The Bertz CT molecular complexity index is 502. The van der Waals surface area contributed by atoms with Crippen LogP contribution in [0.4, 0.5) is 0 Å². The van der Waals surface area contributed by atoms with Gasteiger partial charge in [-0.3, -0.25) is 9.78 Å². The minimum Gasteiger partial charge on any atom is -0.335 e. The number of amides is 1. The number of hydrogen-bond donors (Lipinski definition) is 1. The highest BCUT2D eigenvalue weighted by Gasteiger charge is 2.35. The molecule has 1 aliphatic carbocycles. The number of pyridine rings is 1.